The molecule has 2 N–H and O–H groups in total. The van der Waals surface area contributed by atoms with Gasteiger partial charge in [-0.05, 0) is 56.2 Å². The van der Waals surface area contributed by atoms with Gasteiger partial charge in [0.25, 0.3) is 5.91 Å². The summed E-state index contributed by atoms with van der Waals surface area (Å²) in [5.74, 6) is -0.954. The van der Waals surface area contributed by atoms with Gasteiger partial charge in [0.1, 0.15) is 17.1 Å². The largest absolute Gasteiger partial charge is 0.481 e. The van der Waals surface area contributed by atoms with E-state index in [1.807, 2.05) is 26.0 Å². The predicted octanol–water partition coefficient (Wildman–Crippen LogP) is 3.35. The molecular weight excluding hydrogens is 363 g/mol. The van der Waals surface area contributed by atoms with Crippen molar-refractivity contribution in [1.29, 1.82) is 0 Å². The molecule has 0 fully saturated rings. The highest BCUT2D eigenvalue weighted by atomic mass is 19.1. The van der Waals surface area contributed by atoms with Crippen LogP contribution in [0.4, 0.5) is 4.39 Å². The molecule has 1 atom stereocenters. The molecule has 28 heavy (non-hydrogen) atoms. The van der Waals surface area contributed by atoms with Crippen LogP contribution in [0.25, 0.3) is 11.0 Å². The molecule has 146 valence electrons. The Morgan fingerprint density at radius 3 is 2.54 bits per heavy atom. The molecule has 7 heteroatoms. The molecule has 0 saturated carbocycles. The van der Waals surface area contributed by atoms with Gasteiger partial charge in [-0.2, -0.15) is 0 Å². The average Bonchev–Trinajstić information content (AvgIpc) is 3.08. The fourth-order valence-electron chi connectivity index (χ4n) is 2.75. The van der Waals surface area contributed by atoms with E-state index in [0.717, 1.165) is 27.7 Å². The first-order chi connectivity index (χ1) is 13.3. The molecule has 0 bridgehead atoms. The molecule has 2 aromatic carbocycles. The number of carbonyl (C=O) groups excluding carboxylic acids is 2. The first-order valence-corrected chi connectivity index (χ1v) is 8.82. The van der Waals surface area contributed by atoms with Crippen LogP contribution in [0.2, 0.25) is 0 Å². The summed E-state index contributed by atoms with van der Waals surface area (Å²) in [6.45, 7) is 5.49. The molecule has 0 aliphatic heterocycles. The van der Waals surface area contributed by atoms with E-state index in [1.165, 1.54) is 31.2 Å². The van der Waals surface area contributed by atoms with Gasteiger partial charge in [-0.15, -0.1) is 0 Å². The Balaban J connectivity index is 1.54. The van der Waals surface area contributed by atoms with Crippen molar-refractivity contribution in [1.82, 2.24) is 10.9 Å². The molecule has 0 saturated heterocycles. The second kappa shape index (κ2) is 8.12. The Morgan fingerprint density at radius 1 is 1.11 bits per heavy atom. The van der Waals surface area contributed by atoms with Gasteiger partial charge in [-0.25, -0.2) is 4.39 Å². The smallest absolute Gasteiger partial charge is 0.279 e. The molecule has 1 unspecified atom stereocenters. The molecule has 6 nitrogen and oxygen atoms in total. The van der Waals surface area contributed by atoms with Crippen LogP contribution >= 0.6 is 0 Å². The maximum absolute atomic E-state index is 12.9. The van der Waals surface area contributed by atoms with E-state index in [2.05, 4.69) is 10.9 Å². The number of hydrogen-bond donors (Lipinski definition) is 2. The fraction of sp³-hybridized carbons (Fsp3) is 0.238. The molecule has 1 aromatic heterocycles. The molecule has 0 radical (unpaired) electrons. The predicted molar refractivity (Wildman–Crippen MR) is 102 cm³/mol. The zero-order valence-corrected chi connectivity index (χ0v) is 15.8. The Hall–Kier alpha value is -3.35. The molecule has 2 amide bonds. The number of amides is 2. The van der Waals surface area contributed by atoms with Crippen molar-refractivity contribution < 1.29 is 23.1 Å². The van der Waals surface area contributed by atoms with Crippen LogP contribution in [-0.2, 0) is 16.0 Å². The summed E-state index contributed by atoms with van der Waals surface area (Å²) in [4.78, 5) is 24.3. The van der Waals surface area contributed by atoms with E-state index < -0.39 is 17.8 Å². The number of aryl methyl sites for hydroxylation is 2. The summed E-state index contributed by atoms with van der Waals surface area (Å²) >= 11 is 0. The highest BCUT2D eigenvalue weighted by Gasteiger charge is 2.17. The number of furan rings is 1. The lowest BCUT2D eigenvalue weighted by Gasteiger charge is -2.15. The van der Waals surface area contributed by atoms with Crippen molar-refractivity contribution in [2.75, 3.05) is 0 Å². The highest BCUT2D eigenvalue weighted by Crippen LogP contribution is 2.26. The van der Waals surface area contributed by atoms with Gasteiger partial charge in [-0.3, -0.25) is 20.4 Å². The maximum atomic E-state index is 12.9. The minimum absolute atomic E-state index is 0.0585. The first-order valence-electron chi connectivity index (χ1n) is 8.82. The topological polar surface area (TPSA) is 80.6 Å². The average molecular weight is 384 g/mol. The Morgan fingerprint density at radius 2 is 1.82 bits per heavy atom. The minimum Gasteiger partial charge on any atom is -0.481 e. The third-order valence-corrected chi connectivity index (χ3v) is 4.51. The quantitative estimate of drug-likeness (QED) is 0.661. The normalized spacial score (nSPS) is 11.9. The lowest BCUT2D eigenvalue weighted by molar-refractivity contribution is -0.132. The second-order valence-electron chi connectivity index (χ2n) is 6.57. The molecular formula is C21H21FN2O4. The first kappa shape index (κ1) is 19.4. The van der Waals surface area contributed by atoms with Crippen LogP contribution in [0, 0.1) is 19.7 Å². The number of halogens is 1. The summed E-state index contributed by atoms with van der Waals surface area (Å²) in [6, 6.07) is 9.21. The van der Waals surface area contributed by atoms with Crippen molar-refractivity contribution in [2.45, 2.75) is 33.3 Å². The zero-order chi connectivity index (χ0) is 20.3. The molecule has 3 aromatic rings. The number of nitrogens with one attached hydrogen (secondary N) is 2. The fourth-order valence-corrected chi connectivity index (χ4v) is 2.75. The number of hydrazine groups is 1. The van der Waals surface area contributed by atoms with Gasteiger partial charge in [0, 0.05) is 10.9 Å². The van der Waals surface area contributed by atoms with Crippen LogP contribution in [0.5, 0.6) is 5.75 Å². The lowest BCUT2D eigenvalue weighted by atomic mass is 10.0. The van der Waals surface area contributed by atoms with E-state index in [9.17, 15) is 14.0 Å². The van der Waals surface area contributed by atoms with Gasteiger partial charge in [0.05, 0.1) is 12.7 Å². The van der Waals surface area contributed by atoms with E-state index in [-0.39, 0.29) is 12.3 Å². The van der Waals surface area contributed by atoms with E-state index >= 15 is 0 Å². The second-order valence-corrected chi connectivity index (χ2v) is 6.57. The molecule has 0 spiro atoms. The lowest BCUT2D eigenvalue weighted by Crippen LogP contribution is -2.47. The summed E-state index contributed by atoms with van der Waals surface area (Å²) in [5.41, 5.74) is 8.33. The highest BCUT2D eigenvalue weighted by molar-refractivity contribution is 5.90. The minimum atomic E-state index is -0.869. The third kappa shape index (κ3) is 4.31. The summed E-state index contributed by atoms with van der Waals surface area (Å²) in [7, 11) is 0. The molecule has 0 aliphatic rings. The Bertz CT molecular complexity index is 1010. The standard InChI is InChI=1S/C21H21FN2O4/c1-12-4-9-18-15(11-27-20(18)13(12)2)10-19(25)23-24-21(26)14(3)28-17-7-5-16(22)6-8-17/h4-9,11,14H,10H2,1-3H3,(H,23,25)(H,24,26). The van der Waals surface area contributed by atoms with Crippen molar-refractivity contribution >= 4 is 22.8 Å². The van der Waals surface area contributed by atoms with E-state index in [4.69, 9.17) is 9.15 Å². The van der Waals surface area contributed by atoms with Crippen molar-refractivity contribution in [3.8, 4) is 5.75 Å². The number of fused-ring (bicyclic) bond motifs is 1. The monoisotopic (exact) mass is 384 g/mol. The molecule has 3 rings (SSSR count). The summed E-state index contributed by atoms with van der Waals surface area (Å²) in [6.07, 6.45) is 0.744. The summed E-state index contributed by atoms with van der Waals surface area (Å²) in [5, 5.41) is 0.873. The van der Waals surface area contributed by atoms with Gasteiger partial charge < -0.3 is 9.15 Å². The summed E-state index contributed by atoms with van der Waals surface area (Å²) < 4.78 is 23.9. The van der Waals surface area contributed by atoms with Crippen LogP contribution in [0.15, 0.2) is 47.1 Å². The Kier molecular flexibility index (Phi) is 5.63. The number of carbonyl (C=O) groups is 2. The van der Waals surface area contributed by atoms with Gasteiger partial charge in [0.15, 0.2) is 6.10 Å². The Labute approximate surface area is 161 Å². The number of hydrogen-bond acceptors (Lipinski definition) is 4. The van der Waals surface area contributed by atoms with Crippen molar-refractivity contribution in [3.63, 3.8) is 0 Å². The maximum Gasteiger partial charge on any atom is 0.279 e. The molecule has 0 aliphatic carbocycles. The number of ether oxygens (including phenoxy) is 1. The van der Waals surface area contributed by atoms with Gasteiger partial charge in [0.2, 0.25) is 5.91 Å². The SMILES string of the molecule is Cc1ccc2c(CC(=O)NNC(=O)C(C)Oc3ccc(F)cc3)coc2c1C. The van der Waals surface area contributed by atoms with Crippen LogP contribution in [-0.4, -0.2) is 17.9 Å². The van der Waals surface area contributed by atoms with E-state index in [0.29, 0.717) is 5.75 Å². The molecule has 1 heterocycles. The number of benzene rings is 2. The van der Waals surface area contributed by atoms with E-state index in [1.54, 1.807) is 6.26 Å². The number of rotatable bonds is 5. The van der Waals surface area contributed by atoms with Gasteiger partial charge in [-0.1, -0.05) is 12.1 Å². The van der Waals surface area contributed by atoms with Crippen LogP contribution in [0.3, 0.4) is 0 Å². The zero-order valence-electron chi connectivity index (χ0n) is 15.8. The van der Waals surface area contributed by atoms with Crippen LogP contribution < -0.4 is 15.6 Å². The van der Waals surface area contributed by atoms with Gasteiger partial charge >= 0.3 is 0 Å². The van der Waals surface area contributed by atoms with Crippen molar-refractivity contribution in [2.24, 2.45) is 0 Å². The van der Waals surface area contributed by atoms with Crippen LogP contribution in [0.1, 0.15) is 23.6 Å². The third-order valence-electron chi connectivity index (χ3n) is 4.51. The van der Waals surface area contributed by atoms with Crippen molar-refractivity contribution in [3.05, 3.63) is 65.2 Å².